The molecule has 0 amide bonds. The summed E-state index contributed by atoms with van der Waals surface area (Å²) in [7, 11) is 0. The lowest BCUT2D eigenvalue weighted by atomic mass is 10.0. The fourth-order valence-electron chi connectivity index (χ4n) is 2.20. The van der Waals surface area contributed by atoms with Gasteiger partial charge in [-0.25, -0.2) is 4.39 Å². The Morgan fingerprint density at radius 3 is 2.62 bits per heavy atom. The lowest BCUT2D eigenvalue weighted by molar-refractivity contribution is 0.532. The molecule has 0 aliphatic rings. The quantitative estimate of drug-likeness (QED) is 0.725. The van der Waals surface area contributed by atoms with Gasteiger partial charge in [-0.15, -0.1) is 11.8 Å². The van der Waals surface area contributed by atoms with E-state index >= 15 is 0 Å². The molecular formula is C18H22FNS. The van der Waals surface area contributed by atoms with Crippen LogP contribution < -0.4 is 5.32 Å². The van der Waals surface area contributed by atoms with E-state index in [1.807, 2.05) is 37.3 Å². The zero-order valence-corrected chi connectivity index (χ0v) is 13.4. The van der Waals surface area contributed by atoms with Gasteiger partial charge in [0.15, 0.2) is 0 Å². The Bertz CT molecular complexity index is 556. The molecule has 2 aromatic rings. The largest absolute Gasteiger partial charge is 0.309 e. The van der Waals surface area contributed by atoms with E-state index in [0.29, 0.717) is 0 Å². The Balaban J connectivity index is 2.12. The molecule has 0 heterocycles. The number of benzene rings is 2. The number of nitrogens with one attached hydrogen (secondary N) is 1. The molecular weight excluding hydrogens is 281 g/mol. The number of halogens is 1. The van der Waals surface area contributed by atoms with Gasteiger partial charge in [0, 0.05) is 22.3 Å². The Labute approximate surface area is 131 Å². The topological polar surface area (TPSA) is 12.0 Å². The van der Waals surface area contributed by atoms with Gasteiger partial charge >= 0.3 is 0 Å². The molecule has 0 aromatic heterocycles. The van der Waals surface area contributed by atoms with Gasteiger partial charge in [-0.05, 0) is 38.1 Å². The van der Waals surface area contributed by atoms with Gasteiger partial charge in [-0.1, -0.05) is 42.8 Å². The van der Waals surface area contributed by atoms with Crippen LogP contribution in [0.5, 0.6) is 0 Å². The highest BCUT2D eigenvalue weighted by Gasteiger charge is 2.15. The van der Waals surface area contributed by atoms with Crippen LogP contribution in [0.2, 0.25) is 0 Å². The summed E-state index contributed by atoms with van der Waals surface area (Å²) in [6.45, 7) is 5.03. The molecule has 0 saturated heterocycles. The molecule has 1 atom stereocenters. The molecule has 21 heavy (non-hydrogen) atoms. The third-order valence-electron chi connectivity index (χ3n) is 3.33. The maximum absolute atomic E-state index is 14.1. The highest BCUT2D eigenvalue weighted by Crippen LogP contribution is 2.26. The lowest BCUT2D eigenvalue weighted by Gasteiger charge is -2.20. The maximum atomic E-state index is 14.1. The highest BCUT2D eigenvalue weighted by atomic mass is 32.2. The first-order valence-electron chi connectivity index (χ1n) is 7.38. The van der Waals surface area contributed by atoms with E-state index in [-0.39, 0.29) is 11.9 Å². The van der Waals surface area contributed by atoms with Gasteiger partial charge < -0.3 is 5.32 Å². The van der Waals surface area contributed by atoms with E-state index in [9.17, 15) is 4.39 Å². The second-order valence-corrected chi connectivity index (χ2v) is 6.25. The van der Waals surface area contributed by atoms with Crippen LogP contribution in [0.15, 0.2) is 53.4 Å². The van der Waals surface area contributed by atoms with Gasteiger partial charge in [0.25, 0.3) is 0 Å². The minimum Gasteiger partial charge on any atom is -0.309 e. The molecule has 0 fully saturated rings. The Morgan fingerprint density at radius 1 is 1.14 bits per heavy atom. The van der Waals surface area contributed by atoms with Crippen molar-refractivity contribution in [1.82, 2.24) is 5.32 Å². The third-order valence-corrected chi connectivity index (χ3v) is 4.43. The number of rotatable bonds is 7. The molecule has 1 unspecified atom stereocenters. The summed E-state index contributed by atoms with van der Waals surface area (Å²) < 4.78 is 14.1. The van der Waals surface area contributed by atoms with Gasteiger partial charge in [0.05, 0.1) is 0 Å². The smallest absolute Gasteiger partial charge is 0.128 e. The highest BCUT2D eigenvalue weighted by molar-refractivity contribution is 7.99. The van der Waals surface area contributed by atoms with Crippen LogP contribution in [0.25, 0.3) is 0 Å². The molecule has 3 heteroatoms. The number of thioether (sulfide) groups is 1. The van der Waals surface area contributed by atoms with Crippen molar-refractivity contribution < 1.29 is 4.39 Å². The maximum Gasteiger partial charge on any atom is 0.128 e. The fraction of sp³-hybridized carbons (Fsp3) is 0.333. The van der Waals surface area contributed by atoms with Crippen molar-refractivity contribution in [3.63, 3.8) is 0 Å². The number of hydrogen-bond acceptors (Lipinski definition) is 2. The molecule has 0 aliphatic heterocycles. The predicted molar refractivity (Wildman–Crippen MR) is 89.3 cm³/mol. The van der Waals surface area contributed by atoms with Crippen LogP contribution >= 0.6 is 11.8 Å². The van der Waals surface area contributed by atoms with Crippen molar-refractivity contribution in [2.75, 3.05) is 12.3 Å². The minimum atomic E-state index is -0.122. The van der Waals surface area contributed by atoms with E-state index in [0.717, 1.165) is 29.8 Å². The monoisotopic (exact) mass is 303 g/mol. The molecule has 2 rings (SSSR count). The van der Waals surface area contributed by atoms with Crippen molar-refractivity contribution in [3.05, 3.63) is 65.5 Å². The van der Waals surface area contributed by atoms with Crippen LogP contribution in [0, 0.1) is 12.7 Å². The third kappa shape index (κ3) is 4.87. The fourth-order valence-corrected chi connectivity index (χ4v) is 3.21. The minimum absolute atomic E-state index is 0.0371. The van der Waals surface area contributed by atoms with Gasteiger partial charge in [-0.2, -0.15) is 0 Å². The molecule has 0 spiro atoms. The molecule has 112 valence electrons. The summed E-state index contributed by atoms with van der Waals surface area (Å²) in [5.41, 5.74) is 1.87. The molecule has 0 bridgehead atoms. The average Bonchev–Trinajstić information content (AvgIpc) is 2.51. The standard InChI is InChI=1S/C18H22FNS/c1-3-11-20-18(13-21-15-7-5-4-6-8-15)16-12-14(2)9-10-17(16)19/h4-10,12,18,20H,3,11,13H2,1-2H3. The van der Waals surface area contributed by atoms with Crippen molar-refractivity contribution in [3.8, 4) is 0 Å². The second-order valence-electron chi connectivity index (χ2n) is 5.16. The van der Waals surface area contributed by atoms with Crippen LogP contribution in [-0.2, 0) is 0 Å². The zero-order chi connectivity index (χ0) is 15.1. The predicted octanol–water partition coefficient (Wildman–Crippen LogP) is 4.97. The van der Waals surface area contributed by atoms with E-state index < -0.39 is 0 Å². The molecule has 0 radical (unpaired) electrons. The van der Waals surface area contributed by atoms with E-state index in [4.69, 9.17) is 0 Å². The Hall–Kier alpha value is -1.32. The van der Waals surface area contributed by atoms with E-state index in [2.05, 4.69) is 24.4 Å². The Morgan fingerprint density at radius 2 is 1.90 bits per heavy atom. The van der Waals surface area contributed by atoms with Crippen LogP contribution in [0.3, 0.4) is 0 Å². The van der Waals surface area contributed by atoms with Crippen LogP contribution in [-0.4, -0.2) is 12.3 Å². The Kier molecular flexibility index (Phi) is 6.27. The number of aryl methyl sites for hydroxylation is 1. The van der Waals surface area contributed by atoms with Crippen molar-refractivity contribution in [1.29, 1.82) is 0 Å². The normalized spacial score (nSPS) is 12.3. The van der Waals surface area contributed by atoms with Crippen LogP contribution in [0.4, 0.5) is 4.39 Å². The summed E-state index contributed by atoms with van der Waals surface area (Å²) in [5, 5.41) is 3.46. The van der Waals surface area contributed by atoms with Crippen molar-refractivity contribution in [2.45, 2.75) is 31.2 Å². The van der Waals surface area contributed by atoms with Gasteiger partial charge in [0.2, 0.25) is 0 Å². The second kappa shape index (κ2) is 8.20. The average molecular weight is 303 g/mol. The summed E-state index contributed by atoms with van der Waals surface area (Å²) in [5.74, 6) is 0.701. The molecule has 2 aromatic carbocycles. The van der Waals surface area contributed by atoms with E-state index in [1.165, 1.54) is 4.90 Å². The SMILES string of the molecule is CCCNC(CSc1ccccc1)c1cc(C)ccc1F. The van der Waals surface area contributed by atoms with Crippen molar-refractivity contribution >= 4 is 11.8 Å². The summed E-state index contributed by atoms with van der Waals surface area (Å²) >= 11 is 1.76. The molecule has 1 nitrogen and oxygen atoms in total. The first-order chi connectivity index (χ1) is 10.2. The summed E-state index contributed by atoms with van der Waals surface area (Å²) in [6, 6.07) is 15.6. The van der Waals surface area contributed by atoms with Gasteiger partial charge in [0.1, 0.15) is 5.82 Å². The number of hydrogen-bond donors (Lipinski definition) is 1. The molecule has 0 aliphatic carbocycles. The molecule has 1 N–H and O–H groups in total. The summed E-state index contributed by atoms with van der Waals surface area (Å²) in [4.78, 5) is 1.22. The summed E-state index contributed by atoms with van der Waals surface area (Å²) in [6.07, 6.45) is 1.04. The van der Waals surface area contributed by atoms with E-state index in [1.54, 1.807) is 17.8 Å². The van der Waals surface area contributed by atoms with Crippen LogP contribution in [0.1, 0.15) is 30.5 Å². The zero-order valence-electron chi connectivity index (χ0n) is 12.6. The molecule has 0 saturated carbocycles. The first-order valence-corrected chi connectivity index (χ1v) is 8.36. The first kappa shape index (κ1) is 16.1. The van der Waals surface area contributed by atoms with Gasteiger partial charge in [-0.3, -0.25) is 0 Å². The van der Waals surface area contributed by atoms with Crippen molar-refractivity contribution in [2.24, 2.45) is 0 Å². The lowest BCUT2D eigenvalue weighted by Crippen LogP contribution is -2.25.